The van der Waals surface area contributed by atoms with Crippen LogP contribution in [-0.4, -0.2) is 107 Å². The van der Waals surface area contributed by atoms with E-state index in [1.54, 1.807) is 32.9 Å². The van der Waals surface area contributed by atoms with Crippen molar-refractivity contribution in [3.63, 3.8) is 0 Å². The summed E-state index contributed by atoms with van der Waals surface area (Å²) < 4.78 is 32.3. The molecule has 19 heteroatoms. The van der Waals surface area contributed by atoms with Crippen molar-refractivity contribution in [2.45, 2.75) is 127 Å². The van der Waals surface area contributed by atoms with E-state index in [4.69, 9.17) is 0 Å². The van der Waals surface area contributed by atoms with Crippen LogP contribution in [0.5, 0.6) is 0 Å². The minimum atomic E-state index is -4.32. The largest absolute Gasteiger partial charge is 0.481 e. The van der Waals surface area contributed by atoms with Gasteiger partial charge in [-0.2, -0.15) is 13.7 Å². The highest BCUT2D eigenvalue weighted by Crippen LogP contribution is 2.23. The van der Waals surface area contributed by atoms with Gasteiger partial charge in [0.05, 0.1) is 11.6 Å². The van der Waals surface area contributed by atoms with E-state index in [1.807, 2.05) is 55.5 Å². The van der Waals surface area contributed by atoms with E-state index in [0.717, 1.165) is 16.3 Å². The summed E-state index contributed by atoms with van der Waals surface area (Å²) in [5.74, 6) is -5.55. The second-order valence-electron chi connectivity index (χ2n) is 18.5. The molecule has 0 bridgehead atoms. The first-order valence-electron chi connectivity index (χ1n) is 23.2. The number of aliphatic carboxylic acids is 1. The summed E-state index contributed by atoms with van der Waals surface area (Å²) in [7, 11) is -4.32. The zero-order chi connectivity index (χ0) is 51.2. The smallest absolute Gasteiger partial charge is 0.303 e. The van der Waals surface area contributed by atoms with Crippen molar-refractivity contribution in [2.75, 3.05) is 6.54 Å². The molecule has 70 heavy (non-hydrogen) atoms. The molecule has 5 atom stereocenters. The Morgan fingerprint density at radius 2 is 1.41 bits per heavy atom. The first-order valence-corrected chi connectivity index (χ1v) is 24.8. The summed E-state index contributed by atoms with van der Waals surface area (Å²) >= 11 is 0. The van der Waals surface area contributed by atoms with E-state index in [1.165, 1.54) is 41.3 Å². The molecule has 1 fully saturated rings. The van der Waals surface area contributed by atoms with Crippen LogP contribution < -0.4 is 26.6 Å². The Labute approximate surface area is 407 Å². The summed E-state index contributed by atoms with van der Waals surface area (Å²) in [4.78, 5) is 97.5. The number of carbonyl (C=O) groups is 7. The lowest BCUT2D eigenvalue weighted by Crippen LogP contribution is -2.59. The molecule has 0 aromatic heterocycles. The summed E-state index contributed by atoms with van der Waals surface area (Å²) in [5.41, 5.74) is 1.13. The number of nitrogens with one attached hydrogen (secondary N) is 5. The van der Waals surface area contributed by atoms with Gasteiger partial charge in [-0.1, -0.05) is 86.1 Å². The van der Waals surface area contributed by atoms with Crippen LogP contribution >= 0.6 is 0 Å². The Morgan fingerprint density at radius 3 is 2.07 bits per heavy atom. The third kappa shape index (κ3) is 16.0. The number of amides is 6. The Balaban J connectivity index is 1.39. The van der Waals surface area contributed by atoms with E-state index >= 15 is 0 Å². The van der Waals surface area contributed by atoms with Crippen molar-refractivity contribution >= 4 is 62.3 Å². The zero-order valence-corrected chi connectivity index (χ0v) is 40.5. The normalized spacial score (nSPS) is 15.4. The Bertz CT molecular complexity index is 2710. The van der Waals surface area contributed by atoms with Gasteiger partial charge >= 0.3 is 5.97 Å². The molecule has 1 heterocycles. The maximum Gasteiger partial charge on any atom is 0.303 e. The van der Waals surface area contributed by atoms with Gasteiger partial charge in [0.1, 0.15) is 36.0 Å². The summed E-state index contributed by atoms with van der Waals surface area (Å²) in [6.07, 6.45) is 0.968. The van der Waals surface area contributed by atoms with Crippen LogP contribution in [-0.2, 0) is 57.5 Å². The molecule has 372 valence electrons. The molecule has 0 unspecified atom stereocenters. The highest BCUT2D eigenvalue weighted by molar-refractivity contribution is 7.85. The molecule has 4 aromatic rings. The van der Waals surface area contributed by atoms with Gasteiger partial charge < -0.3 is 36.6 Å². The Hall–Kier alpha value is -7.17. The van der Waals surface area contributed by atoms with Crippen molar-refractivity contribution in [3.05, 3.63) is 119 Å². The minimum Gasteiger partial charge on any atom is -0.481 e. The van der Waals surface area contributed by atoms with Gasteiger partial charge in [0.15, 0.2) is 0 Å². The molecule has 1 saturated heterocycles. The lowest BCUT2D eigenvalue weighted by atomic mass is 9.97. The van der Waals surface area contributed by atoms with Gasteiger partial charge in [-0.25, -0.2) is 0 Å². The van der Waals surface area contributed by atoms with Gasteiger partial charge in [0.2, 0.25) is 29.5 Å². The number of rotatable bonds is 22. The van der Waals surface area contributed by atoms with E-state index in [-0.39, 0.29) is 68.2 Å². The van der Waals surface area contributed by atoms with E-state index in [9.17, 15) is 56.9 Å². The molecular weight excluding hydrogens is 919 g/mol. The first kappa shape index (κ1) is 53.8. The molecule has 5 rings (SSSR count). The summed E-state index contributed by atoms with van der Waals surface area (Å²) in [5, 5.41) is 34.4. The maximum atomic E-state index is 14.6. The van der Waals surface area contributed by atoms with Crippen molar-refractivity contribution in [1.82, 2.24) is 31.5 Å². The average Bonchev–Trinajstić information content (AvgIpc) is 3.80. The topological polar surface area (TPSA) is 281 Å². The molecule has 4 aromatic carbocycles. The molecule has 0 spiro atoms. The SMILES string of the molecule is CCC[C@H](NC(=O)[C@H](Cc1ccc(CS(=O)(=O)O)cc1)NC(=O)c1cccc(C#N)c1)C(=O)N1CCC[C@H]1C(=O)N[C@@H](Cc1cccc2ccccc12)C(=O)N[C@@H](CCCC(=O)O)C(=O)NC(C)(C)C. The lowest BCUT2D eigenvalue weighted by molar-refractivity contribution is -0.142. The van der Waals surface area contributed by atoms with E-state index < -0.39 is 93.0 Å². The molecular formula is C51H61N7O11S. The maximum absolute atomic E-state index is 14.6. The molecule has 0 saturated carbocycles. The highest BCUT2D eigenvalue weighted by atomic mass is 32.2. The minimum absolute atomic E-state index is 0.00593. The second-order valence-corrected chi connectivity index (χ2v) is 19.9. The molecule has 7 N–H and O–H groups in total. The van der Waals surface area contributed by atoms with Gasteiger partial charge in [-0.15, -0.1) is 0 Å². The van der Waals surface area contributed by atoms with Crippen LogP contribution in [0.2, 0.25) is 0 Å². The number of benzene rings is 4. The quantitative estimate of drug-likeness (QED) is 0.0549. The van der Waals surface area contributed by atoms with Crippen molar-refractivity contribution < 1.29 is 51.6 Å². The average molecular weight is 980 g/mol. The fourth-order valence-electron chi connectivity index (χ4n) is 8.34. The molecule has 18 nitrogen and oxygen atoms in total. The zero-order valence-electron chi connectivity index (χ0n) is 39.7. The molecule has 0 radical (unpaired) electrons. The molecule has 6 amide bonds. The predicted octanol–water partition coefficient (Wildman–Crippen LogP) is 4.10. The van der Waals surface area contributed by atoms with Crippen LogP contribution in [0.25, 0.3) is 10.8 Å². The van der Waals surface area contributed by atoms with Crippen LogP contribution in [0.3, 0.4) is 0 Å². The molecule has 1 aliphatic heterocycles. The number of carboxylic acids is 1. The number of carbonyl (C=O) groups excluding carboxylic acids is 6. The first-order chi connectivity index (χ1) is 33.1. The third-order valence-corrected chi connectivity index (χ3v) is 12.4. The van der Waals surface area contributed by atoms with E-state index in [0.29, 0.717) is 18.4 Å². The Kier molecular flexibility index (Phi) is 18.7. The van der Waals surface area contributed by atoms with Crippen LogP contribution in [0.4, 0.5) is 0 Å². The monoisotopic (exact) mass is 979 g/mol. The van der Waals surface area contributed by atoms with E-state index in [2.05, 4.69) is 26.6 Å². The number of fused-ring (bicyclic) bond motifs is 1. The van der Waals surface area contributed by atoms with Crippen LogP contribution in [0, 0.1) is 11.3 Å². The number of likely N-dealkylation sites (tertiary alicyclic amines) is 1. The number of carboxylic acid groups (broad SMARTS) is 1. The van der Waals surface area contributed by atoms with Crippen LogP contribution in [0.15, 0.2) is 91.0 Å². The Morgan fingerprint density at radius 1 is 0.771 bits per heavy atom. The van der Waals surface area contributed by atoms with Crippen LogP contribution in [0.1, 0.15) is 105 Å². The van der Waals surface area contributed by atoms with Gasteiger partial charge in [0.25, 0.3) is 16.0 Å². The number of nitrogens with zero attached hydrogens (tertiary/aromatic N) is 2. The van der Waals surface area contributed by atoms with Gasteiger partial charge in [0, 0.05) is 36.9 Å². The standard InChI is InChI=1S/C51H61N7O11S/c1-5-12-40(54-46(62)41(55-45(61)37-17-8-13-34(27-37)30-52)28-32-22-24-33(25-23-32)31-70(67,68)69)50(66)58-26-11-20-43(58)49(65)56-42(29-36-16-9-15-35-14-6-7-18-38(35)36)47(63)53-39(19-10-21-44(59)60)48(64)57-51(2,3)4/h6-9,13-18,22-25,27,39-43H,5,10-12,19-21,26,28-29,31H2,1-4H3,(H,53,63)(H,54,62)(H,55,61)(H,56,65)(H,57,64)(H,59,60)(H,67,68,69)/t39-,40-,41-,42-,43-/m0/s1. The second kappa shape index (κ2) is 24.4. The number of nitriles is 1. The van der Waals surface area contributed by atoms with Crippen molar-refractivity contribution in [2.24, 2.45) is 0 Å². The summed E-state index contributed by atoms with van der Waals surface area (Å²) in [6, 6.07) is 21.0. The highest BCUT2D eigenvalue weighted by Gasteiger charge is 2.40. The predicted molar refractivity (Wildman–Crippen MR) is 260 cm³/mol. The fraction of sp³-hybridized carbons (Fsp3) is 0.412. The fourth-order valence-corrected chi connectivity index (χ4v) is 8.96. The van der Waals surface area contributed by atoms with Crippen molar-refractivity contribution in [3.8, 4) is 6.07 Å². The summed E-state index contributed by atoms with van der Waals surface area (Å²) in [6.45, 7) is 7.26. The third-order valence-electron chi connectivity index (χ3n) is 11.7. The molecule has 1 aliphatic rings. The van der Waals surface area contributed by atoms with Crippen molar-refractivity contribution in [1.29, 1.82) is 5.26 Å². The number of hydrogen-bond acceptors (Lipinski definition) is 10. The molecule has 0 aliphatic carbocycles. The lowest BCUT2D eigenvalue weighted by Gasteiger charge is -2.31. The van der Waals surface area contributed by atoms with Gasteiger partial charge in [-0.3, -0.25) is 38.1 Å². The number of hydrogen-bond donors (Lipinski definition) is 7. The van der Waals surface area contributed by atoms with Gasteiger partial charge in [-0.05, 0) is 98.5 Å².